The van der Waals surface area contributed by atoms with Crippen LogP contribution in [0.3, 0.4) is 0 Å². The van der Waals surface area contributed by atoms with Gasteiger partial charge >= 0.3 is 0 Å². The summed E-state index contributed by atoms with van der Waals surface area (Å²) in [7, 11) is 1.63. The lowest BCUT2D eigenvalue weighted by Gasteiger charge is -2.21. The van der Waals surface area contributed by atoms with Crippen LogP contribution in [0, 0.1) is 5.92 Å². The molecule has 0 spiro atoms. The molecule has 0 saturated heterocycles. The fraction of sp³-hybridized carbons (Fsp3) is 0.556. The minimum absolute atomic E-state index is 0.0908. The number of nitrogens with zero attached hydrogens (tertiary/aromatic N) is 1. The average molecular weight is 320 g/mol. The summed E-state index contributed by atoms with van der Waals surface area (Å²) in [5, 5.41) is 2.86. The number of amides is 2. The summed E-state index contributed by atoms with van der Waals surface area (Å²) in [4.78, 5) is 25.2. The van der Waals surface area contributed by atoms with Gasteiger partial charge in [-0.15, -0.1) is 0 Å². The highest BCUT2D eigenvalue weighted by Gasteiger charge is 2.13. The molecular weight excluding hydrogens is 292 g/mol. The van der Waals surface area contributed by atoms with Crippen LogP contribution in [-0.2, 0) is 16.0 Å². The van der Waals surface area contributed by atoms with Crippen molar-refractivity contribution in [3.05, 3.63) is 29.8 Å². The zero-order chi connectivity index (χ0) is 17.2. The van der Waals surface area contributed by atoms with Crippen LogP contribution in [0.4, 0.5) is 0 Å². The first kappa shape index (κ1) is 19.0. The second-order valence-corrected chi connectivity index (χ2v) is 6.07. The van der Waals surface area contributed by atoms with Crippen molar-refractivity contribution < 1.29 is 14.3 Å². The van der Waals surface area contributed by atoms with Gasteiger partial charge in [-0.1, -0.05) is 26.0 Å². The number of carbonyl (C=O) groups is 2. The Morgan fingerprint density at radius 1 is 1.30 bits per heavy atom. The predicted molar refractivity (Wildman–Crippen MR) is 91.4 cm³/mol. The Morgan fingerprint density at radius 2 is 2.04 bits per heavy atom. The van der Waals surface area contributed by atoms with Gasteiger partial charge in [0.05, 0.1) is 13.7 Å². The molecule has 5 heteroatoms. The molecule has 0 unspecified atom stereocenters. The number of hydrogen-bond donors (Lipinski definition) is 1. The molecule has 0 radical (unpaired) electrons. The summed E-state index contributed by atoms with van der Waals surface area (Å²) in [6.07, 6.45) is 1.63. The molecule has 1 aromatic rings. The fourth-order valence-corrected chi connectivity index (χ4v) is 2.17. The van der Waals surface area contributed by atoms with E-state index in [0.29, 0.717) is 25.4 Å². The van der Waals surface area contributed by atoms with Gasteiger partial charge in [-0.05, 0) is 36.5 Å². The number of hydrogen-bond acceptors (Lipinski definition) is 3. The minimum Gasteiger partial charge on any atom is -0.497 e. The summed E-state index contributed by atoms with van der Waals surface area (Å²) in [5.41, 5.74) is 1.08. The topological polar surface area (TPSA) is 58.6 Å². The highest BCUT2D eigenvalue weighted by molar-refractivity contribution is 5.83. The van der Waals surface area contributed by atoms with Crippen LogP contribution < -0.4 is 10.1 Å². The molecule has 0 aliphatic carbocycles. The maximum atomic E-state index is 11.9. The molecule has 0 saturated carbocycles. The minimum atomic E-state index is -0.105. The highest BCUT2D eigenvalue weighted by atomic mass is 16.5. The molecule has 0 fully saturated rings. The van der Waals surface area contributed by atoms with E-state index in [-0.39, 0.29) is 18.4 Å². The monoisotopic (exact) mass is 320 g/mol. The molecular formula is C18H28N2O3. The van der Waals surface area contributed by atoms with Crippen molar-refractivity contribution in [2.45, 2.75) is 33.6 Å². The summed E-state index contributed by atoms with van der Waals surface area (Å²) >= 11 is 0. The summed E-state index contributed by atoms with van der Waals surface area (Å²) in [6, 6.07) is 7.74. The Morgan fingerprint density at radius 3 is 2.65 bits per heavy atom. The van der Waals surface area contributed by atoms with Gasteiger partial charge in [-0.3, -0.25) is 9.59 Å². The van der Waals surface area contributed by atoms with Crippen molar-refractivity contribution in [3.63, 3.8) is 0 Å². The van der Waals surface area contributed by atoms with Crippen molar-refractivity contribution in [3.8, 4) is 5.75 Å². The third-order valence-corrected chi connectivity index (χ3v) is 3.63. The molecule has 1 aromatic carbocycles. The Bertz CT molecular complexity index is 515. The highest BCUT2D eigenvalue weighted by Crippen LogP contribution is 2.13. The number of nitrogens with one attached hydrogen (secondary N) is 1. The Balaban J connectivity index is 2.48. The van der Waals surface area contributed by atoms with Gasteiger partial charge in [0.1, 0.15) is 5.75 Å². The number of carbonyl (C=O) groups excluding carboxylic acids is 2. The van der Waals surface area contributed by atoms with Crippen LogP contribution in [0.25, 0.3) is 0 Å². The largest absolute Gasteiger partial charge is 0.497 e. The lowest BCUT2D eigenvalue weighted by molar-refractivity contribution is -0.134. The second-order valence-electron chi connectivity index (χ2n) is 6.07. The quantitative estimate of drug-likeness (QED) is 0.759. The zero-order valence-corrected chi connectivity index (χ0v) is 14.6. The van der Waals surface area contributed by atoms with Gasteiger partial charge in [0, 0.05) is 20.0 Å². The molecule has 0 atom stereocenters. The van der Waals surface area contributed by atoms with E-state index in [9.17, 15) is 9.59 Å². The average Bonchev–Trinajstić information content (AvgIpc) is 2.51. The van der Waals surface area contributed by atoms with Crippen molar-refractivity contribution in [2.75, 3.05) is 26.7 Å². The van der Waals surface area contributed by atoms with E-state index in [1.54, 1.807) is 12.0 Å². The van der Waals surface area contributed by atoms with E-state index in [1.807, 2.05) is 24.3 Å². The lowest BCUT2D eigenvalue weighted by Crippen LogP contribution is -2.41. The van der Waals surface area contributed by atoms with Gasteiger partial charge in [0.15, 0.2) is 0 Å². The van der Waals surface area contributed by atoms with E-state index in [2.05, 4.69) is 19.2 Å². The molecule has 0 bridgehead atoms. The number of benzene rings is 1. The third-order valence-electron chi connectivity index (χ3n) is 3.63. The van der Waals surface area contributed by atoms with Crippen molar-refractivity contribution in [1.82, 2.24) is 10.2 Å². The first-order valence-corrected chi connectivity index (χ1v) is 8.07. The zero-order valence-electron chi connectivity index (χ0n) is 14.6. The molecule has 1 rings (SSSR count). The van der Waals surface area contributed by atoms with Gasteiger partial charge in [0.2, 0.25) is 11.8 Å². The van der Waals surface area contributed by atoms with Crippen LogP contribution in [0.5, 0.6) is 5.75 Å². The van der Waals surface area contributed by atoms with Crippen LogP contribution >= 0.6 is 0 Å². The molecule has 1 N–H and O–H groups in total. The Kier molecular flexibility index (Phi) is 8.16. The smallest absolute Gasteiger partial charge is 0.239 e. The SMILES string of the molecule is COc1cccc(CCN(CC(=O)NCCC(C)C)C(C)=O)c1. The molecule has 0 aliphatic heterocycles. The lowest BCUT2D eigenvalue weighted by atomic mass is 10.1. The predicted octanol–water partition coefficient (Wildman–Crippen LogP) is 2.25. The normalized spacial score (nSPS) is 10.5. The summed E-state index contributed by atoms with van der Waals surface area (Å²) < 4.78 is 5.19. The molecule has 0 heterocycles. The first-order chi connectivity index (χ1) is 10.9. The van der Waals surface area contributed by atoms with Gasteiger partial charge in [-0.25, -0.2) is 0 Å². The van der Waals surface area contributed by atoms with Gasteiger partial charge in [0.25, 0.3) is 0 Å². The number of rotatable bonds is 9. The van der Waals surface area contributed by atoms with Crippen LogP contribution in [-0.4, -0.2) is 43.5 Å². The maximum absolute atomic E-state index is 11.9. The standard InChI is InChI=1S/C18H28N2O3/c1-14(2)8-10-19-18(22)13-20(15(3)21)11-9-16-6-5-7-17(12-16)23-4/h5-7,12,14H,8-11,13H2,1-4H3,(H,19,22). The number of ether oxygens (including phenoxy) is 1. The number of methoxy groups -OCH3 is 1. The fourth-order valence-electron chi connectivity index (χ4n) is 2.17. The molecule has 128 valence electrons. The van der Waals surface area contributed by atoms with Gasteiger partial charge < -0.3 is 15.0 Å². The molecule has 0 aliphatic rings. The van der Waals surface area contributed by atoms with Crippen molar-refractivity contribution in [1.29, 1.82) is 0 Å². The first-order valence-electron chi connectivity index (χ1n) is 8.07. The Hall–Kier alpha value is -2.04. The Labute approximate surface area is 139 Å². The maximum Gasteiger partial charge on any atom is 0.239 e. The van der Waals surface area contributed by atoms with E-state index >= 15 is 0 Å². The third kappa shape index (κ3) is 7.68. The summed E-state index contributed by atoms with van der Waals surface area (Å²) in [5.74, 6) is 1.15. The molecule has 5 nitrogen and oxygen atoms in total. The van der Waals surface area contributed by atoms with E-state index in [0.717, 1.165) is 17.7 Å². The van der Waals surface area contributed by atoms with E-state index in [4.69, 9.17) is 4.74 Å². The van der Waals surface area contributed by atoms with E-state index < -0.39 is 0 Å². The van der Waals surface area contributed by atoms with Crippen LogP contribution in [0.15, 0.2) is 24.3 Å². The van der Waals surface area contributed by atoms with Gasteiger partial charge in [-0.2, -0.15) is 0 Å². The van der Waals surface area contributed by atoms with Crippen molar-refractivity contribution in [2.24, 2.45) is 5.92 Å². The molecule has 23 heavy (non-hydrogen) atoms. The van der Waals surface area contributed by atoms with Crippen LogP contribution in [0.1, 0.15) is 32.8 Å². The van der Waals surface area contributed by atoms with E-state index in [1.165, 1.54) is 6.92 Å². The van der Waals surface area contributed by atoms with Crippen LogP contribution in [0.2, 0.25) is 0 Å². The molecule has 2 amide bonds. The summed E-state index contributed by atoms with van der Waals surface area (Å²) in [6.45, 7) is 6.99. The van der Waals surface area contributed by atoms with Crippen molar-refractivity contribution >= 4 is 11.8 Å². The second kappa shape index (κ2) is 9.87. The molecule has 0 aromatic heterocycles.